The van der Waals surface area contributed by atoms with Crippen LogP contribution in [0.2, 0.25) is 0 Å². The Labute approximate surface area is 116 Å². The Hall–Kier alpha value is -1.49. The first kappa shape index (κ1) is 13.9. The third-order valence-electron chi connectivity index (χ3n) is 3.17. The minimum absolute atomic E-state index is 0.129. The molecular formula is C14H17NO3S. The average Bonchev–Trinajstić information content (AvgIpc) is 2.78. The Morgan fingerprint density at radius 1 is 1.37 bits per heavy atom. The number of amides is 1. The number of rotatable bonds is 4. The van der Waals surface area contributed by atoms with E-state index in [1.54, 1.807) is 13.8 Å². The molecule has 0 spiro atoms. The van der Waals surface area contributed by atoms with Crippen LogP contribution in [-0.4, -0.2) is 28.3 Å². The number of hydrogen-bond donors (Lipinski definition) is 2. The van der Waals surface area contributed by atoms with Crippen molar-refractivity contribution in [3.63, 3.8) is 0 Å². The Kier molecular flexibility index (Phi) is 4.14. The minimum Gasteiger partial charge on any atom is -0.480 e. The molecule has 5 heteroatoms. The maximum absolute atomic E-state index is 12.1. The molecule has 0 saturated carbocycles. The first-order valence-corrected chi connectivity index (χ1v) is 7.14. The van der Waals surface area contributed by atoms with Gasteiger partial charge in [0.25, 0.3) is 0 Å². The molecule has 2 N–H and O–H groups in total. The van der Waals surface area contributed by atoms with Crippen LogP contribution in [0.1, 0.15) is 19.4 Å². The second-order valence-electron chi connectivity index (χ2n) is 4.99. The average molecular weight is 279 g/mol. The van der Waals surface area contributed by atoms with E-state index < -0.39 is 12.0 Å². The lowest BCUT2D eigenvalue weighted by Gasteiger charge is -2.19. The summed E-state index contributed by atoms with van der Waals surface area (Å²) in [4.78, 5) is 24.3. The SMILES string of the molecule is CC(C)[C@H](NC(=O)C1Cc2ccccc2S1)C(=O)O. The van der Waals surface area contributed by atoms with Gasteiger partial charge in [-0.25, -0.2) is 4.79 Å². The van der Waals surface area contributed by atoms with Gasteiger partial charge in [-0.15, -0.1) is 11.8 Å². The topological polar surface area (TPSA) is 66.4 Å². The largest absolute Gasteiger partial charge is 0.480 e. The van der Waals surface area contributed by atoms with E-state index in [9.17, 15) is 9.59 Å². The fourth-order valence-electron chi connectivity index (χ4n) is 2.09. The summed E-state index contributed by atoms with van der Waals surface area (Å²) >= 11 is 1.50. The van der Waals surface area contributed by atoms with Gasteiger partial charge < -0.3 is 10.4 Å². The van der Waals surface area contributed by atoms with Crippen LogP contribution in [0.25, 0.3) is 0 Å². The molecule has 0 bridgehead atoms. The molecule has 1 aromatic rings. The van der Waals surface area contributed by atoms with Crippen LogP contribution in [0.4, 0.5) is 0 Å². The van der Waals surface area contributed by atoms with Gasteiger partial charge in [0.1, 0.15) is 6.04 Å². The van der Waals surface area contributed by atoms with Gasteiger partial charge in [-0.1, -0.05) is 32.0 Å². The van der Waals surface area contributed by atoms with E-state index in [2.05, 4.69) is 5.32 Å². The third-order valence-corrected chi connectivity index (χ3v) is 4.49. The number of aliphatic carboxylic acids is 1. The summed E-state index contributed by atoms with van der Waals surface area (Å²) in [5, 5.41) is 11.5. The number of benzene rings is 1. The van der Waals surface area contributed by atoms with Crippen LogP contribution in [0.3, 0.4) is 0 Å². The molecule has 4 nitrogen and oxygen atoms in total. The summed E-state index contributed by atoms with van der Waals surface area (Å²) in [6.45, 7) is 3.57. The number of hydrogen-bond acceptors (Lipinski definition) is 3. The zero-order chi connectivity index (χ0) is 14.0. The van der Waals surface area contributed by atoms with Gasteiger partial charge in [-0.2, -0.15) is 0 Å². The molecule has 1 amide bonds. The number of carboxylic acid groups (broad SMARTS) is 1. The Morgan fingerprint density at radius 3 is 2.63 bits per heavy atom. The zero-order valence-corrected chi connectivity index (χ0v) is 11.7. The van der Waals surface area contributed by atoms with Gasteiger partial charge in [0.05, 0.1) is 5.25 Å². The molecule has 0 radical (unpaired) electrons. The van der Waals surface area contributed by atoms with Gasteiger partial charge in [0.2, 0.25) is 5.91 Å². The van der Waals surface area contributed by atoms with E-state index in [1.165, 1.54) is 11.8 Å². The van der Waals surface area contributed by atoms with E-state index in [-0.39, 0.29) is 17.1 Å². The molecule has 0 saturated heterocycles. The molecule has 0 aromatic heterocycles. The summed E-state index contributed by atoms with van der Waals surface area (Å²) in [6, 6.07) is 7.07. The predicted octanol–water partition coefficient (Wildman–Crippen LogP) is 1.93. The van der Waals surface area contributed by atoms with Crippen LogP contribution >= 0.6 is 11.8 Å². The molecule has 1 aliphatic heterocycles. The number of carbonyl (C=O) groups excluding carboxylic acids is 1. The standard InChI is InChI=1S/C14H17NO3S/c1-8(2)12(14(17)18)15-13(16)11-7-9-5-3-4-6-10(9)19-11/h3-6,8,11-12H,7H2,1-2H3,(H,15,16)(H,17,18)/t11?,12-/m0/s1. The number of carbonyl (C=O) groups is 2. The van der Waals surface area contributed by atoms with Crippen LogP contribution in [0.15, 0.2) is 29.2 Å². The molecule has 0 aliphatic carbocycles. The monoisotopic (exact) mass is 279 g/mol. The second kappa shape index (κ2) is 5.65. The predicted molar refractivity (Wildman–Crippen MR) is 74.2 cm³/mol. The normalized spacial score (nSPS) is 19.0. The van der Waals surface area contributed by atoms with Gasteiger partial charge in [0, 0.05) is 4.90 Å². The number of fused-ring (bicyclic) bond motifs is 1. The summed E-state index contributed by atoms with van der Waals surface area (Å²) in [6.07, 6.45) is 0.664. The van der Waals surface area contributed by atoms with Crippen molar-refractivity contribution in [3.05, 3.63) is 29.8 Å². The van der Waals surface area contributed by atoms with Gasteiger partial charge in [-0.05, 0) is 24.0 Å². The zero-order valence-electron chi connectivity index (χ0n) is 10.9. The summed E-state index contributed by atoms with van der Waals surface area (Å²) in [7, 11) is 0. The van der Waals surface area contributed by atoms with Gasteiger partial charge in [0.15, 0.2) is 0 Å². The Bertz CT molecular complexity index is 476. The van der Waals surface area contributed by atoms with Crippen LogP contribution in [0, 0.1) is 5.92 Å². The van der Waals surface area contributed by atoms with Crippen molar-refractivity contribution in [1.29, 1.82) is 0 Å². The maximum Gasteiger partial charge on any atom is 0.326 e. The number of thioether (sulfide) groups is 1. The van der Waals surface area contributed by atoms with Crippen molar-refractivity contribution in [2.75, 3.05) is 0 Å². The van der Waals surface area contributed by atoms with Crippen molar-refractivity contribution in [2.45, 2.75) is 36.5 Å². The molecule has 102 valence electrons. The first-order chi connectivity index (χ1) is 8.99. The highest BCUT2D eigenvalue weighted by molar-refractivity contribution is 8.01. The molecule has 2 rings (SSSR count). The second-order valence-corrected chi connectivity index (χ2v) is 6.23. The number of nitrogens with one attached hydrogen (secondary N) is 1. The highest BCUT2D eigenvalue weighted by atomic mass is 32.2. The van der Waals surface area contributed by atoms with Crippen LogP contribution in [-0.2, 0) is 16.0 Å². The molecule has 19 heavy (non-hydrogen) atoms. The van der Waals surface area contributed by atoms with Gasteiger partial charge in [-0.3, -0.25) is 4.79 Å². The van der Waals surface area contributed by atoms with Crippen molar-refractivity contribution in [3.8, 4) is 0 Å². The van der Waals surface area contributed by atoms with Gasteiger partial charge >= 0.3 is 5.97 Å². The highest BCUT2D eigenvalue weighted by Crippen LogP contribution is 2.36. The van der Waals surface area contributed by atoms with E-state index in [0.717, 1.165) is 10.5 Å². The molecule has 1 unspecified atom stereocenters. The molecular weight excluding hydrogens is 262 g/mol. The Balaban J connectivity index is 2.01. The lowest BCUT2D eigenvalue weighted by Crippen LogP contribution is -2.47. The summed E-state index contributed by atoms with van der Waals surface area (Å²) in [5.41, 5.74) is 1.16. The molecule has 0 fully saturated rings. The fraction of sp³-hybridized carbons (Fsp3) is 0.429. The lowest BCUT2D eigenvalue weighted by atomic mass is 10.0. The third kappa shape index (κ3) is 3.10. The smallest absolute Gasteiger partial charge is 0.326 e. The first-order valence-electron chi connectivity index (χ1n) is 6.26. The minimum atomic E-state index is -0.983. The van der Waals surface area contributed by atoms with E-state index in [1.807, 2.05) is 24.3 Å². The highest BCUT2D eigenvalue weighted by Gasteiger charge is 2.31. The van der Waals surface area contributed by atoms with Crippen LogP contribution in [0.5, 0.6) is 0 Å². The summed E-state index contributed by atoms with van der Waals surface area (Å²) in [5.74, 6) is -1.30. The van der Waals surface area contributed by atoms with Crippen LogP contribution < -0.4 is 5.32 Å². The maximum atomic E-state index is 12.1. The van der Waals surface area contributed by atoms with Crippen molar-refractivity contribution >= 4 is 23.6 Å². The van der Waals surface area contributed by atoms with E-state index >= 15 is 0 Å². The fourth-order valence-corrected chi connectivity index (χ4v) is 3.29. The van der Waals surface area contributed by atoms with E-state index in [0.29, 0.717) is 6.42 Å². The lowest BCUT2D eigenvalue weighted by molar-refractivity contribution is -0.143. The van der Waals surface area contributed by atoms with Crippen molar-refractivity contribution in [1.82, 2.24) is 5.32 Å². The van der Waals surface area contributed by atoms with Crippen molar-refractivity contribution in [2.24, 2.45) is 5.92 Å². The number of carboxylic acids is 1. The molecule has 1 aromatic carbocycles. The molecule has 2 atom stereocenters. The Morgan fingerprint density at radius 2 is 2.05 bits per heavy atom. The molecule has 1 heterocycles. The van der Waals surface area contributed by atoms with Crippen molar-refractivity contribution < 1.29 is 14.7 Å². The van der Waals surface area contributed by atoms with E-state index in [4.69, 9.17) is 5.11 Å². The summed E-state index contributed by atoms with van der Waals surface area (Å²) < 4.78 is 0. The quantitative estimate of drug-likeness (QED) is 0.884. The molecule has 1 aliphatic rings.